The third-order valence-electron chi connectivity index (χ3n) is 2.47. The maximum absolute atomic E-state index is 10.5. The van der Waals surface area contributed by atoms with Crippen LogP contribution in [0.3, 0.4) is 0 Å². The lowest BCUT2D eigenvalue weighted by Gasteiger charge is -2.01. The molecule has 1 fully saturated rings. The molecule has 1 unspecified atom stereocenters. The minimum Gasteiger partial charge on any atom is -0.480 e. The Bertz CT molecular complexity index is 359. The molecule has 2 rings (SSSR count). The number of aliphatic carboxylic acids is 1. The first kappa shape index (κ1) is 10.1. The van der Waals surface area contributed by atoms with Gasteiger partial charge in [-0.15, -0.1) is 5.10 Å². The Kier molecular flexibility index (Phi) is 2.68. The molecule has 1 aromatic heterocycles. The molecule has 15 heavy (non-hydrogen) atoms. The second-order valence-electron chi connectivity index (χ2n) is 4.02. The van der Waals surface area contributed by atoms with Gasteiger partial charge in [-0.3, -0.25) is 9.48 Å². The molecule has 0 bridgehead atoms. The van der Waals surface area contributed by atoms with Gasteiger partial charge in [0, 0.05) is 19.2 Å². The van der Waals surface area contributed by atoms with Gasteiger partial charge in [0.1, 0.15) is 6.04 Å². The zero-order valence-electron chi connectivity index (χ0n) is 8.33. The molecule has 0 saturated heterocycles. The van der Waals surface area contributed by atoms with Crippen molar-refractivity contribution >= 4 is 5.97 Å². The Morgan fingerprint density at radius 2 is 2.47 bits per heavy atom. The van der Waals surface area contributed by atoms with Gasteiger partial charge in [0.05, 0.1) is 5.69 Å². The smallest absolute Gasteiger partial charge is 0.320 e. The van der Waals surface area contributed by atoms with Crippen molar-refractivity contribution in [2.45, 2.75) is 31.8 Å². The molecule has 1 atom stereocenters. The number of nitrogens with two attached hydrogens (primary N) is 1. The summed E-state index contributed by atoms with van der Waals surface area (Å²) in [6.07, 6.45) is 4.52. The van der Waals surface area contributed by atoms with Crippen molar-refractivity contribution in [3.05, 3.63) is 11.9 Å². The van der Waals surface area contributed by atoms with Crippen molar-refractivity contribution in [3.63, 3.8) is 0 Å². The van der Waals surface area contributed by atoms with Crippen LogP contribution in [0, 0.1) is 5.92 Å². The number of carboxylic acids is 1. The van der Waals surface area contributed by atoms with Crippen LogP contribution < -0.4 is 5.73 Å². The summed E-state index contributed by atoms with van der Waals surface area (Å²) in [6, 6.07) is -0.893. The van der Waals surface area contributed by atoms with Gasteiger partial charge < -0.3 is 10.8 Å². The third-order valence-corrected chi connectivity index (χ3v) is 2.47. The molecule has 1 saturated carbocycles. The molecule has 1 aromatic rings. The monoisotopic (exact) mass is 210 g/mol. The van der Waals surface area contributed by atoms with E-state index in [1.54, 1.807) is 10.9 Å². The van der Waals surface area contributed by atoms with Crippen LogP contribution in [0.1, 0.15) is 18.5 Å². The predicted molar refractivity (Wildman–Crippen MR) is 52.1 cm³/mol. The van der Waals surface area contributed by atoms with Gasteiger partial charge in [0.2, 0.25) is 0 Å². The van der Waals surface area contributed by atoms with Crippen LogP contribution in [0.15, 0.2) is 6.20 Å². The van der Waals surface area contributed by atoms with Crippen LogP contribution in [0.25, 0.3) is 0 Å². The lowest BCUT2D eigenvalue weighted by molar-refractivity contribution is -0.138. The molecule has 82 valence electrons. The molecule has 3 N–H and O–H groups in total. The van der Waals surface area contributed by atoms with Crippen molar-refractivity contribution < 1.29 is 9.90 Å². The van der Waals surface area contributed by atoms with E-state index in [2.05, 4.69) is 10.3 Å². The molecule has 0 radical (unpaired) electrons. The van der Waals surface area contributed by atoms with Crippen LogP contribution in [-0.2, 0) is 17.8 Å². The van der Waals surface area contributed by atoms with Gasteiger partial charge in [-0.1, -0.05) is 5.21 Å². The van der Waals surface area contributed by atoms with Crippen molar-refractivity contribution in [3.8, 4) is 0 Å². The first-order chi connectivity index (χ1) is 7.15. The first-order valence-corrected chi connectivity index (χ1v) is 5.02. The molecule has 0 amide bonds. The highest BCUT2D eigenvalue weighted by Crippen LogP contribution is 2.30. The molecule has 0 aromatic carbocycles. The summed E-state index contributed by atoms with van der Waals surface area (Å²) in [5.41, 5.74) is 6.04. The lowest BCUT2D eigenvalue weighted by Crippen LogP contribution is -2.32. The zero-order chi connectivity index (χ0) is 10.8. The predicted octanol–water partition coefficient (Wildman–Crippen LogP) is -0.358. The Hall–Kier alpha value is -1.43. The number of carbonyl (C=O) groups is 1. The van der Waals surface area contributed by atoms with Gasteiger partial charge in [0.25, 0.3) is 0 Å². The summed E-state index contributed by atoms with van der Waals surface area (Å²) in [5.74, 6) is -0.278. The summed E-state index contributed by atoms with van der Waals surface area (Å²) in [7, 11) is 0. The minimum atomic E-state index is -1.01. The molecule has 1 heterocycles. The second-order valence-corrected chi connectivity index (χ2v) is 4.02. The average Bonchev–Trinajstić information content (AvgIpc) is 2.87. The highest BCUT2D eigenvalue weighted by atomic mass is 16.4. The summed E-state index contributed by atoms with van der Waals surface area (Å²) < 4.78 is 1.77. The molecule has 0 aliphatic heterocycles. The fraction of sp³-hybridized carbons (Fsp3) is 0.667. The van der Waals surface area contributed by atoms with E-state index in [1.165, 1.54) is 12.8 Å². The number of nitrogens with zero attached hydrogens (tertiary/aromatic N) is 3. The van der Waals surface area contributed by atoms with E-state index in [0.29, 0.717) is 5.69 Å². The lowest BCUT2D eigenvalue weighted by atomic mass is 10.2. The van der Waals surface area contributed by atoms with Crippen molar-refractivity contribution in [2.75, 3.05) is 0 Å². The normalized spacial score (nSPS) is 17.7. The highest BCUT2D eigenvalue weighted by molar-refractivity contribution is 5.73. The second kappa shape index (κ2) is 3.98. The zero-order valence-corrected chi connectivity index (χ0v) is 8.33. The van der Waals surface area contributed by atoms with Gasteiger partial charge >= 0.3 is 5.97 Å². The third kappa shape index (κ3) is 2.76. The van der Waals surface area contributed by atoms with Gasteiger partial charge in [-0.25, -0.2) is 0 Å². The van der Waals surface area contributed by atoms with Crippen molar-refractivity contribution in [2.24, 2.45) is 11.7 Å². The Balaban J connectivity index is 1.90. The topological polar surface area (TPSA) is 94.0 Å². The molecular formula is C9H14N4O2. The molecular weight excluding hydrogens is 196 g/mol. The van der Waals surface area contributed by atoms with Crippen molar-refractivity contribution in [1.82, 2.24) is 15.0 Å². The van der Waals surface area contributed by atoms with Crippen LogP contribution in [0.2, 0.25) is 0 Å². The van der Waals surface area contributed by atoms with Gasteiger partial charge in [-0.05, 0) is 18.8 Å². The van der Waals surface area contributed by atoms with Gasteiger partial charge in [0.15, 0.2) is 0 Å². The fourth-order valence-electron chi connectivity index (χ4n) is 1.40. The van der Waals surface area contributed by atoms with E-state index < -0.39 is 12.0 Å². The van der Waals surface area contributed by atoms with Crippen LogP contribution in [0.5, 0.6) is 0 Å². The maximum Gasteiger partial charge on any atom is 0.320 e. The quantitative estimate of drug-likeness (QED) is 0.692. The standard InChI is InChI=1S/C9H14N4O2/c10-8(9(14)15)3-7-5-13(12-11-7)4-6-1-2-6/h5-6,8H,1-4,10H2,(H,14,15). The molecule has 1 aliphatic rings. The number of aromatic nitrogens is 3. The first-order valence-electron chi connectivity index (χ1n) is 5.02. The number of carboxylic acid groups (broad SMARTS) is 1. The van der Waals surface area contributed by atoms with E-state index in [0.717, 1.165) is 12.5 Å². The Morgan fingerprint density at radius 1 is 1.73 bits per heavy atom. The molecule has 6 heteroatoms. The fourth-order valence-corrected chi connectivity index (χ4v) is 1.40. The Morgan fingerprint density at radius 3 is 3.07 bits per heavy atom. The largest absolute Gasteiger partial charge is 0.480 e. The SMILES string of the molecule is NC(Cc1cn(CC2CC2)nn1)C(=O)O. The van der Waals surface area contributed by atoms with Gasteiger partial charge in [-0.2, -0.15) is 0 Å². The summed E-state index contributed by atoms with van der Waals surface area (Å²) in [5, 5.41) is 16.4. The number of hydrogen-bond acceptors (Lipinski definition) is 4. The highest BCUT2D eigenvalue weighted by Gasteiger charge is 2.22. The summed E-state index contributed by atoms with van der Waals surface area (Å²) in [4.78, 5) is 10.5. The van der Waals surface area contributed by atoms with Crippen LogP contribution in [0.4, 0.5) is 0 Å². The molecule has 0 spiro atoms. The number of hydrogen-bond donors (Lipinski definition) is 2. The van der Waals surface area contributed by atoms with E-state index in [1.807, 2.05) is 0 Å². The average molecular weight is 210 g/mol. The molecule has 1 aliphatic carbocycles. The van der Waals surface area contributed by atoms with E-state index >= 15 is 0 Å². The number of rotatable bonds is 5. The molecule has 6 nitrogen and oxygen atoms in total. The van der Waals surface area contributed by atoms with Crippen LogP contribution in [-0.4, -0.2) is 32.1 Å². The van der Waals surface area contributed by atoms with E-state index in [4.69, 9.17) is 10.8 Å². The minimum absolute atomic E-state index is 0.236. The van der Waals surface area contributed by atoms with E-state index in [-0.39, 0.29) is 6.42 Å². The van der Waals surface area contributed by atoms with Crippen molar-refractivity contribution in [1.29, 1.82) is 0 Å². The summed E-state index contributed by atoms with van der Waals surface area (Å²) >= 11 is 0. The van der Waals surface area contributed by atoms with E-state index in [9.17, 15) is 4.79 Å². The maximum atomic E-state index is 10.5. The Labute approximate surface area is 87.1 Å². The summed E-state index contributed by atoms with van der Waals surface area (Å²) in [6.45, 7) is 0.884. The van der Waals surface area contributed by atoms with Crippen LogP contribution >= 0.6 is 0 Å².